The number of methoxy groups -OCH3 is 1. The molecule has 0 saturated heterocycles. The normalized spacial score (nSPS) is 12.9. The van der Waals surface area contributed by atoms with Crippen LogP contribution in [0.15, 0.2) is 82.6 Å². The number of benzene rings is 1. The fourth-order valence-electron chi connectivity index (χ4n) is 4.18. The molecule has 8 heteroatoms. The first kappa shape index (κ1) is 18.3. The Bertz CT molecular complexity index is 1540. The third-order valence-electron chi connectivity index (χ3n) is 5.69. The number of rotatable bonds is 2. The summed E-state index contributed by atoms with van der Waals surface area (Å²) < 4.78 is 14.2. The Morgan fingerprint density at radius 1 is 0.781 bits per heavy atom. The van der Waals surface area contributed by atoms with E-state index in [-0.39, 0.29) is 22.9 Å². The maximum Gasteiger partial charge on any atom is 0.265 e. The van der Waals surface area contributed by atoms with E-state index in [0.29, 0.717) is 28.2 Å². The molecule has 1 aliphatic heterocycles. The molecule has 1 aromatic carbocycles. The first-order valence-corrected chi connectivity index (χ1v) is 10.00. The minimum Gasteiger partial charge on any atom is -0.497 e. The lowest BCUT2D eigenvalue weighted by Gasteiger charge is -2.26. The third kappa shape index (κ3) is 2.56. The molecule has 1 aliphatic rings. The van der Waals surface area contributed by atoms with Crippen LogP contribution in [0.2, 0.25) is 0 Å². The minimum absolute atomic E-state index is 0.154. The van der Waals surface area contributed by atoms with Crippen molar-refractivity contribution in [1.29, 1.82) is 0 Å². The number of nitrogens with zero attached hydrogens (tertiary/aromatic N) is 4. The van der Waals surface area contributed by atoms with Crippen LogP contribution < -0.4 is 20.6 Å². The van der Waals surface area contributed by atoms with Gasteiger partial charge in [-0.3, -0.25) is 18.4 Å². The molecule has 6 rings (SSSR count). The molecule has 4 aromatic heterocycles. The van der Waals surface area contributed by atoms with Crippen LogP contribution in [0.3, 0.4) is 0 Å². The molecule has 32 heavy (non-hydrogen) atoms. The quantitative estimate of drug-likeness (QED) is 0.425. The lowest BCUT2D eigenvalue weighted by Crippen LogP contribution is -2.32. The molecule has 0 unspecified atom stereocenters. The van der Waals surface area contributed by atoms with E-state index in [4.69, 9.17) is 9.47 Å². The van der Waals surface area contributed by atoms with E-state index in [9.17, 15) is 9.59 Å². The van der Waals surface area contributed by atoms with Gasteiger partial charge in [0.1, 0.15) is 17.0 Å². The molecule has 0 atom stereocenters. The van der Waals surface area contributed by atoms with Crippen LogP contribution >= 0.6 is 0 Å². The Morgan fingerprint density at radius 2 is 1.31 bits per heavy atom. The van der Waals surface area contributed by atoms with Crippen LogP contribution in [0.4, 0.5) is 0 Å². The standard InChI is InChI=1S/C24H16N4O4/c1-31-15-10-8-14(9-11-15)18-19-21(25-16-6-2-4-12-27(16)23(19)29)32-22-20(18)24(30)28-13-5-3-7-17(28)26-22/h2-13,18H,1H3. The van der Waals surface area contributed by atoms with Crippen LogP contribution in [0.5, 0.6) is 17.5 Å². The molecule has 8 nitrogen and oxygen atoms in total. The zero-order valence-electron chi connectivity index (χ0n) is 16.9. The summed E-state index contributed by atoms with van der Waals surface area (Å²) in [6, 6.07) is 17.8. The third-order valence-corrected chi connectivity index (χ3v) is 5.69. The molecule has 5 heterocycles. The Labute approximate surface area is 181 Å². The van der Waals surface area contributed by atoms with E-state index in [1.165, 1.54) is 8.80 Å². The maximum atomic E-state index is 13.6. The Hall–Kier alpha value is -4.46. The number of hydrogen-bond donors (Lipinski definition) is 0. The summed E-state index contributed by atoms with van der Waals surface area (Å²) in [5, 5.41) is 0. The first-order valence-electron chi connectivity index (χ1n) is 10.00. The summed E-state index contributed by atoms with van der Waals surface area (Å²) in [6.07, 6.45) is 3.30. The zero-order valence-corrected chi connectivity index (χ0v) is 16.9. The maximum absolute atomic E-state index is 13.6. The largest absolute Gasteiger partial charge is 0.497 e. The molecule has 0 spiro atoms. The lowest BCUT2D eigenvalue weighted by molar-refractivity contribution is 0.410. The van der Waals surface area contributed by atoms with Crippen molar-refractivity contribution in [2.75, 3.05) is 7.11 Å². The zero-order chi connectivity index (χ0) is 21.8. The van der Waals surface area contributed by atoms with E-state index < -0.39 is 5.92 Å². The van der Waals surface area contributed by atoms with E-state index in [1.54, 1.807) is 68.0 Å². The average Bonchev–Trinajstić information content (AvgIpc) is 2.83. The van der Waals surface area contributed by atoms with Crippen molar-refractivity contribution in [2.24, 2.45) is 0 Å². The van der Waals surface area contributed by atoms with Crippen molar-refractivity contribution >= 4 is 11.3 Å². The number of hydrogen-bond acceptors (Lipinski definition) is 6. The number of ether oxygens (including phenoxy) is 2. The van der Waals surface area contributed by atoms with Crippen molar-refractivity contribution in [3.63, 3.8) is 0 Å². The van der Waals surface area contributed by atoms with Gasteiger partial charge in [0.2, 0.25) is 11.8 Å². The van der Waals surface area contributed by atoms with Crippen molar-refractivity contribution in [1.82, 2.24) is 18.8 Å². The highest BCUT2D eigenvalue weighted by Gasteiger charge is 2.37. The Balaban J connectivity index is 1.73. The summed E-state index contributed by atoms with van der Waals surface area (Å²) in [7, 11) is 1.58. The summed E-state index contributed by atoms with van der Waals surface area (Å²) in [5.41, 5.74) is 1.63. The molecule has 156 valence electrons. The summed E-state index contributed by atoms with van der Waals surface area (Å²) in [4.78, 5) is 36.2. The van der Waals surface area contributed by atoms with Gasteiger partial charge in [0.25, 0.3) is 11.1 Å². The SMILES string of the molecule is COc1ccc(C2c3c(nc4ccccn4c3=O)Oc3nc4ccccn4c(=O)c32)cc1. The summed E-state index contributed by atoms with van der Waals surface area (Å²) in [5.74, 6) is 0.278. The summed E-state index contributed by atoms with van der Waals surface area (Å²) >= 11 is 0. The Morgan fingerprint density at radius 3 is 1.81 bits per heavy atom. The van der Waals surface area contributed by atoms with Crippen LogP contribution in [0.25, 0.3) is 11.3 Å². The number of pyridine rings is 2. The van der Waals surface area contributed by atoms with Gasteiger partial charge < -0.3 is 9.47 Å². The van der Waals surface area contributed by atoms with Gasteiger partial charge >= 0.3 is 0 Å². The monoisotopic (exact) mass is 424 g/mol. The lowest BCUT2D eigenvalue weighted by atomic mass is 9.85. The highest BCUT2D eigenvalue weighted by Crippen LogP contribution is 2.43. The van der Waals surface area contributed by atoms with Crippen LogP contribution in [-0.2, 0) is 0 Å². The smallest absolute Gasteiger partial charge is 0.265 e. The molecule has 0 aliphatic carbocycles. The van der Waals surface area contributed by atoms with Crippen LogP contribution in [-0.4, -0.2) is 25.9 Å². The van der Waals surface area contributed by atoms with Crippen LogP contribution in [0.1, 0.15) is 22.6 Å². The second-order valence-electron chi connectivity index (χ2n) is 7.44. The van der Waals surface area contributed by atoms with Crippen LogP contribution in [0, 0.1) is 0 Å². The van der Waals surface area contributed by atoms with Gasteiger partial charge in [-0.15, -0.1) is 0 Å². The van der Waals surface area contributed by atoms with Crippen molar-refractivity contribution in [3.8, 4) is 17.5 Å². The van der Waals surface area contributed by atoms with E-state index in [2.05, 4.69) is 9.97 Å². The molecule has 0 bridgehead atoms. The van der Waals surface area contributed by atoms with Crippen molar-refractivity contribution < 1.29 is 9.47 Å². The van der Waals surface area contributed by atoms with E-state index >= 15 is 0 Å². The average molecular weight is 424 g/mol. The number of fused-ring (bicyclic) bond motifs is 4. The highest BCUT2D eigenvalue weighted by atomic mass is 16.5. The van der Waals surface area contributed by atoms with Gasteiger partial charge in [-0.2, -0.15) is 9.97 Å². The topological polar surface area (TPSA) is 87.2 Å². The van der Waals surface area contributed by atoms with Gasteiger partial charge in [-0.25, -0.2) is 0 Å². The fourth-order valence-corrected chi connectivity index (χ4v) is 4.18. The molecule has 0 saturated carbocycles. The molecule has 0 fully saturated rings. The van der Waals surface area contributed by atoms with Crippen molar-refractivity contribution in [2.45, 2.75) is 5.92 Å². The number of aromatic nitrogens is 4. The molecule has 0 radical (unpaired) electrons. The molecule has 0 amide bonds. The van der Waals surface area contributed by atoms with Gasteiger partial charge in [0.05, 0.1) is 24.2 Å². The fraction of sp³-hybridized carbons (Fsp3) is 0.0833. The molecular weight excluding hydrogens is 408 g/mol. The van der Waals surface area contributed by atoms with E-state index in [0.717, 1.165) is 5.56 Å². The van der Waals surface area contributed by atoms with Gasteiger partial charge in [0.15, 0.2) is 0 Å². The predicted octanol–water partition coefficient (Wildman–Crippen LogP) is 3.00. The first-order chi connectivity index (χ1) is 15.7. The van der Waals surface area contributed by atoms with Crippen molar-refractivity contribution in [3.05, 3.63) is 110 Å². The van der Waals surface area contributed by atoms with E-state index in [1.807, 2.05) is 12.1 Å². The van der Waals surface area contributed by atoms with Gasteiger partial charge in [0, 0.05) is 12.4 Å². The van der Waals surface area contributed by atoms with Gasteiger partial charge in [-0.1, -0.05) is 24.3 Å². The highest BCUT2D eigenvalue weighted by molar-refractivity contribution is 5.58. The summed E-state index contributed by atoms with van der Waals surface area (Å²) in [6.45, 7) is 0. The molecule has 5 aromatic rings. The molecule has 0 N–H and O–H groups in total. The van der Waals surface area contributed by atoms with Gasteiger partial charge in [-0.05, 0) is 42.0 Å². The molecular formula is C24H16N4O4. The Kier molecular flexibility index (Phi) is 3.88. The second kappa shape index (κ2) is 6.78. The second-order valence-corrected chi connectivity index (χ2v) is 7.44. The predicted molar refractivity (Wildman–Crippen MR) is 117 cm³/mol. The minimum atomic E-state index is -0.700.